The second-order valence-electron chi connectivity index (χ2n) is 7.59. The van der Waals surface area contributed by atoms with Crippen LogP contribution in [-0.4, -0.2) is 32.0 Å². The maximum atomic E-state index is 13.2. The van der Waals surface area contributed by atoms with Gasteiger partial charge in [0.05, 0.1) is 11.6 Å². The molecule has 1 aliphatic heterocycles. The number of aromatic nitrogens is 3. The SMILES string of the molecule is O=C1C(=O)N(c2nnc(SCc3ccccc3)s2)C(c2cccnc2)/C1=C(/O)c1ccc(Br)cc1. The van der Waals surface area contributed by atoms with E-state index < -0.39 is 17.7 Å². The van der Waals surface area contributed by atoms with Crippen molar-refractivity contribution in [3.05, 3.63) is 106 Å². The Bertz CT molecular complexity index is 1410. The first-order chi connectivity index (χ1) is 17.0. The highest BCUT2D eigenvalue weighted by Crippen LogP contribution is 2.43. The monoisotopic (exact) mass is 564 g/mol. The number of hydrogen-bond donors (Lipinski definition) is 1. The van der Waals surface area contributed by atoms with Gasteiger partial charge < -0.3 is 5.11 Å². The molecule has 1 atom stereocenters. The van der Waals surface area contributed by atoms with Gasteiger partial charge in [0, 0.05) is 28.2 Å². The fourth-order valence-corrected chi connectivity index (χ4v) is 5.81. The number of carbonyl (C=O) groups excluding carboxylic acids is 2. The number of aliphatic hydroxyl groups is 1. The van der Waals surface area contributed by atoms with Crippen molar-refractivity contribution in [3.63, 3.8) is 0 Å². The number of carbonyl (C=O) groups is 2. The average molecular weight is 565 g/mol. The van der Waals surface area contributed by atoms with Crippen LogP contribution in [0.5, 0.6) is 0 Å². The van der Waals surface area contributed by atoms with Crippen LogP contribution >= 0.6 is 39.0 Å². The van der Waals surface area contributed by atoms with Gasteiger partial charge in [0.15, 0.2) is 4.34 Å². The molecule has 5 rings (SSSR count). The number of amides is 1. The molecule has 4 aromatic rings. The van der Waals surface area contributed by atoms with E-state index in [2.05, 4.69) is 31.1 Å². The molecule has 0 saturated carbocycles. The molecule has 10 heteroatoms. The standard InChI is InChI=1S/C25H17BrN4O3S2/c26-18-10-8-16(9-11-18)21(31)19-20(17-7-4-12-27-13-17)30(23(33)22(19)32)24-28-29-25(35-24)34-14-15-5-2-1-3-6-15/h1-13,20,31H,14H2/b21-19-. The first-order valence-electron chi connectivity index (χ1n) is 10.5. The van der Waals surface area contributed by atoms with Crippen molar-refractivity contribution in [1.82, 2.24) is 15.2 Å². The fourth-order valence-electron chi connectivity index (χ4n) is 3.72. The zero-order chi connectivity index (χ0) is 24.4. The van der Waals surface area contributed by atoms with E-state index in [9.17, 15) is 14.7 Å². The van der Waals surface area contributed by atoms with Crippen LogP contribution < -0.4 is 4.90 Å². The van der Waals surface area contributed by atoms with Crippen LogP contribution in [0.2, 0.25) is 0 Å². The molecule has 2 aromatic heterocycles. The molecule has 0 spiro atoms. The highest BCUT2D eigenvalue weighted by molar-refractivity contribution is 9.10. The maximum absolute atomic E-state index is 13.2. The number of rotatable bonds is 6. The summed E-state index contributed by atoms with van der Waals surface area (Å²) in [6.07, 6.45) is 3.18. The molecule has 0 aliphatic carbocycles. The van der Waals surface area contributed by atoms with E-state index in [1.165, 1.54) is 28.0 Å². The van der Waals surface area contributed by atoms with Crippen molar-refractivity contribution in [3.8, 4) is 0 Å². The normalized spacial score (nSPS) is 17.2. The minimum Gasteiger partial charge on any atom is -0.507 e. The highest BCUT2D eigenvalue weighted by atomic mass is 79.9. The second kappa shape index (κ2) is 10.1. The third kappa shape index (κ3) is 4.77. The summed E-state index contributed by atoms with van der Waals surface area (Å²) < 4.78 is 1.50. The van der Waals surface area contributed by atoms with E-state index in [-0.39, 0.29) is 16.5 Å². The minimum atomic E-state index is -0.882. The number of pyridine rings is 1. The molecule has 1 amide bonds. The van der Waals surface area contributed by atoms with Gasteiger partial charge in [-0.2, -0.15) is 0 Å². The number of halogens is 1. The van der Waals surface area contributed by atoms with E-state index in [0.29, 0.717) is 21.2 Å². The topological polar surface area (TPSA) is 96.3 Å². The lowest BCUT2D eigenvalue weighted by atomic mass is 9.96. The predicted molar refractivity (Wildman–Crippen MR) is 139 cm³/mol. The first-order valence-corrected chi connectivity index (χ1v) is 13.1. The van der Waals surface area contributed by atoms with Crippen molar-refractivity contribution in [2.75, 3.05) is 4.90 Å². The summed E-state index contributed by atoms with van der Waals surface area (Å²) in [6.45, 7) is 0. The van der Waals surface area contributed by atoms with E-state index in [4.69, 9.17) is 0 Å². The molecule has 35 heavy (non-hydrogen) atoms. The second-order valence-corrected chi connectivity index (χ2v) is 10.7. The zero-order valence-corrected chi connectivity index (χ0v) is 21.3. The lowest BCUT2D eigenvalue weighted by Gasteiger charge is -2.22. The predicted octanol–water partition coefficient (Wildman–Crippen LogP) is 5.61. The molecule has 0 radical (unpaired) electrons. The molecule has 174 valence electrons. The largest absolute Gasteiger partial charge is 0.507 e. The maximum Gasteiger partial charge on any atom is 0.301 e. The van der Waals surface area contributed by atoms with Crippen LogP contribution in [0.25, 0.3) is 5.76 Å². The summed E-state index contributed by atoms with van der Waals surface area (Å²) >= 11 is 6.10. The summed E-state index contributed by atoms with van der Waals surface area (Å²) in [5.74, 6) is -1.11. The fraction of sp³-hybridized carbons (Fsp3) is 0.0800. The quantitative estimate of drug-likeness (QED) is 0.107. The van der Waals surface area contributed by atoms with Crippen molar-refractivity contribution < 1.29 is 14.7 Å². The van der Waals surface area contributed by atoms with Gasteiger partial charge in [-0.15, -0.1) is 10.2 Å². The number of nitrogens with zero attached hydrogens (tertiary/aromatic N) is 4. The summed E-state index contributed by atoms with van der Waals surface area (Å²) in [5.41, 5.74) is 2.13. The summed E-state index contributed by atoms with van der Waals surface area (Å²) in [4.78, 5) is 31.9. The molecular formula is C25H17BrN4O3S2. The molecule has 1 aliphatic rings. The Hall–Kier alpha value is -3.34. The van der Waals surface area contributed by atoms with Crippen molar-refractivity contribution in [2.24, 2.45) is 0 Å². The molecule has 1 saturated heterocycles. The van der Waals surface area contributed by atoms with Crippen LogP contribution in [0.15, 0.2) is 93.5 Å². The summed E-state index contributed by atoms with van der Waals surface area (Å²) in [5, 5.41) is 19.8. The third-order valence-electron chi connectivity index (χ3n) is 5.37. The molecule has 1 unspecified atom stereocenters. The number of ketones is 1. The summed E-state index contributed by atoms with van der Waals surface area (Å²) in [7, 11) is 0. The third-order valence-corrected chi connectivity index (χ3v) is 8.02. The number of hydrogen-bond acceptors (Lipinski definition) is 8. The molecule has 0 bridgehead atoms. The Labute approximate surface area is 217 Å². The lowest BCUT2D eigenvalue weighted by Crippen LogP contribution is -2.29. The van der Waals surface area contributed by atoms with Crippen molar-refractivity contribution in [1.29, 1.82) is 0 Å². The molecular weight excluding hydrogens is 548 g/mol. The van der Waals surface area contributed by atoms with Crippen LogP contribution in [0.1, 0.15) is 22.7 Å². The van der Waals surface area contributed by atoms with Gasteiger partial charge in [-0.3, -0.25) is 19.5 Å². The van der Waals surface area contributed by atoms with E-state index in [1.54, 1.807) is 48.8 Å². The van der Waals surface area contributed by atoms with Crippen LogP contribution in [0, 0.1) is 0 Å². The smallest absolute Gasteiger partial charge is 0.301 e. The van der Waals surface area contributed by atoms with Crippen molar-refractivity contribution in [2.45, 2.75) is 16.1 Å². The van der Waals surface area contributed by atoms with Gasteiger partial charge in [0.2, 0.25) is 5.13 Å². The van der Waals surface area contributed by atoms with Gasteiger partial charge in [-0.25, -0.2) is 0 Å². The number of benzene rings is 2. The number of Topliss-reactive ketones (excluding diaryl/α,β-unsaturated/α-hetero) is 1. The van der Waals surface area contributed by atoms with E-state index >= 15 is 0 Å². The Morgan fingerprint density at radius 2 is 1.80 bits per heavy atom. The van der Waals surface area contributed by atoms with Gasteiger partial charge >= 0.3 is 5.91 Å². The highest BCUT2D eigenvalue weighted by Gasteiger charge is 2.48. The van der Waals surface area contributed by atoms with Gasteiger partial charge in [0.25, 0.3) is 5.78 Å². The minimum absolute atomic E-state index is 0.0148. The molecule has 1 N–H and O–H groups in total. The number of anilines is 1. The van der Waals surface area contributed by atoms with E-state index in [1.807, 2.05) is 30.3 Å². The first kappa shape index (κ1) is 23.4. The lowest BCUT2D eigenvalue weighted by molar-refractivity contribution is -0.132. The summed E-state index contributed by atoms with van der Waals surface area (Å²) in [6, 6.07) is 19.4. The van der Waals surface area contributed by atoms with Gasteiger partial charge in [-0.1, -0.05) is 87.6 Å². The molecule has 3 heterocycles. The molecule has 2 aromatic carbocycles. The van der Waals surface area contributed by atoms with Crippen LogP contribution in [-0.2, 0) is 15.3 Å². The zero-order valence-electron chi connectivity index (χ0n) is 18.0. The number of thioether (sulfide) groups is 1. The Morgan fingerprint density at radius 3 is 2.51 bits per heavy atom. The average Bonchev–Trinajstić information content (AvgIpc) is 3.46. The Kier molecular flexibility index (Phi) is 6.76. The van der Waals surface area contributed by atoms with Crippen molar-refractivity contribution >= 4 is 61.6 Å². The van der Waals surface area contributed by atoms with Crippen LogP contribution in [0.3, 0.4) is 0 Å². The van der Waals surface area contributed by atoms with Crippen LogP contribution in [0.4, 0.5) is 5.13 Å². The number of aliphatic hydroxyl groups excluding tert-OH is 1. The van der Waals surface area contributed by atoms with Gasteiger partial charge in [0.1, 0.15) is 5.76 Å². The molecule has 1 fully saturated rings. The molecule has 7 nitrogen and oxygen atoms in total. The van der Waals surface area contributed by atoms with Gasteiger partial charge in [-0.05, 0) is 29.3 Å². The van der Waals surface area contributed by atoms with E-state index in [0.717, 1.165) is 10.0 Å². The Morgan fingerprint density at radius 1 is 1.03 bits per heavy atom. The Balaban J connectivity index is 1.53.